The van der Waals surface area contributed by atoms with E-state index in [1.807, 2.05) is 17.0 Å². The summed E-state index contributed by atoms with van der Waals surface area (Å²) in [5.41, 5.74) is 3.31. The minimum Gasteiger partial charge on any atom is -0.484 e. The van der Waals surface area contributed by atoms with Gasteiger partial charge in [-0.3, -0.25) is 14.7 Å². The fourth-order valence-corrected chi connectivity index (χ4v) is 4.14. The Hall–Kier alpha value is -3.31. The number of amides is 1. The Morgan fingerprint density at radius 1 is 1.11 bits per heavy atom. The monoisotopic (exact) mass is 517 g/mol. The lowest BCUT2D eigenvalue weighted by Gasteiger charge is -2.34. The highest BCUT2D eigenvalue weighted by atomic mass is 35.5. The number of rotatable bonds is 7. The van der Waals surface area contributed by atoms with Crippen LogP contribution >= 0.6 is 23.2 Å². The number of nitrogens with zero attached hydrogens (tertiary/aromatic N) is 4. The fraction of sp³-hybridized carbons (Fsp3) is 0.261. The normalized spacial score (nSPS) is 14.7. The van der Waals surface area contributed by atoms with Crippen LogP contribution < -0.4 is 21.8 Å². The highest BCUT2D eigenvalue weighted by molar-refractivity contribution is 6.35. The van der Waals surface area contributed by atoms with Crippen molar-refractivity contribution in [2.24, 2.45) is 16.8 Å². The van der Waals surface area contributed by atoms with Gasteiger partial charge in [-0.1, -0.05) is 23.2 Å². The van der Waals surface area contributed by atoms with Gasteiger partial charge < -0.3 is 25.3 Å². The molecule has 2 aromatic heterocycles. The number of ether oxygens (including phenoxy) is 1. The zero-order valence-electron chi connectivity index (χ0n) is 18.8. The third-order valence-corrected chi connectivity index (χ3v) is 6.07. The summed E-state index contributed by atoms with van der Waals surface area (Å²) in [5.74, 6) is 12.8. The highest BCUT2D eigenvalue weighted by Crippen LogP contribution is 2.28. The van der Waals surface area contributed by atoms with Crippen molar-refractivity contribution in [3.63, 3.8) is 0 Å². The van der Waals surface area contributed by atoms with E-state index >= 15 is 0 Å². The summed E-state index contributed by atoms with van der Waals surface area (Å²) in [7, 11) is 0. The number of hydrogen-bond donors (Lipinski definition) is 3. The number of hydrazine groups is 1. The number of piperazine rings is 1. The molecule has 0 unspecified atom stereocenters. The molecule has 4 rings (SSSR count). The van der Waals surface area contributed by atoms with E-state index in [2.05, 4.69) is 20.4 Å². The molecule has 1 aromatic carbocycles. The lowest BCUT2D eigenvalue weighted by Crippen LogP contribution is -2.48. The van der Waals surface area contributed by atoms with Gasteiger partial charge in [-0.05, 0) is 42.5 Å². The predicted octanol–water partition coefficient (Wildman–Crippen LogP) is 2.60. The first-order chi connectivity index (χ1) is 17.0. The van der Waals surface area contributed by atoms with E-state index in [-0.39, 0.29) is 18.3 Å². The molecular weight excluding hydrogens is 493 g/mol. The number of nitrogens with one attached hydrogen (secondary N) is 1. The van der Waals surface area contributed by atoms with Crippen LogP contribution in [-0.4, -0.2) is 52.7 Å². The van der Waals surface area contributed by atoms with Crippen LogP contribution in [0.3, 0.4) is 0 Å². The molecular formula is C23H25Cl2N7O3. The quantitative estimate of drug-likeness (QED) is 0.188. The molecule has 35 heavy (non-hydrogen) atoms. The average Bonchev–Trinajstić information content (AvgIpc) is 3.32. The van der Waals surface area contributed by atoms with Crippen molar-refractivity contribution in [3.05, 3.63) is 81.5 Å². The van der Waals surface area contributed by atoms with Crippen molar-refractivity contribution in [2.75, 3.05) is 26.2 Å². The number of carbonyl (C=O) groups is 1. The third kappa shape index (κ3) is 6.23. The van der Waals surface area contributed by atoms with E-state index in [0.29, 0.717) is 52.4 Å². The minimum absolute atomic E-state index is 0.0751. The number of pyridine rings is 1. The number of amidine groups is 1. The molecule has 5 N–H and O–H groups in total. The van der Waals surface area contributed by atoms with Gasteiger partial charge >= 0.3 is 0 Å². The van der Waals surface area contributed by atoms with Gasteiger partial charge in [0, 0.05) is 37.4 Å². The van der Waals surface area contributed by atoms with E-state index < -0.39 is 0 Å². The van der Waals surface area contributed by atoms with Crippen LogP contribution in [0.25, 0.3) is 0 Å². The molecule has 0 spiro atoms. The fourth-order valence-electron chi connectivity index (χ4n) is 3.68. The Morgan fingerprint density at radius 3 is 2.54 bits per heavy atom. The molecule has 0 saturated carbocycles. The van der Waals surface area contributed by atoms with Crippen LogP contribution in [0.2, 0.25) is 10.0 Å². The summed E-state index contributed by atoms with van der Waals surface area (Å²) < 4.78 is 11.6. The Labute approximate surface area is 212 Å². The molecule has 0 atom stereocenters. The Kier molecular flexibility index (Phi) is 8.09. The molecule has 0 aliphatic carbocycles. The third-order valence-electron chi connectivity index (χ3n) is 5.54. The molecule has 12 heteroatoms. The van der Waals surface area contributed by atoms with E-state index in [1.165, 1.54) is 6.20 Å². The molecule has 0 bridgehead atoms. The van der Waals surface area contributed by atoms with Crippen LogP contribution in [0, 0.1) is 0 Å². The number of aromatic nitrogens is 1. The second-order valence-electron chi connectivity index (χ2n) is 7.85. The number of benzene rings is 1. The van der Waals surface area contributed by atoms with Crippen molar-refractivity contribution in [1.82, 2.24) is 20.2 Å². The number of hydrogen-bond acceptors (Lipinski definition) is 8. The van der Waals surface area contributed by atoms with Crippen LogP contribution in [0.1, 0.15) is 27.6 Å². The van der Waals surface area contributed by atoms with Gasteiger partial charge in [0.15, 0.2) is 5.84 Å². The average molecular weight is 518 g/mol. The zero-order chi connectivity index (χ0) is 24.8. The molecule has 1 aliphatic heterocycles. The second-order valence-corrected chi connectivity index (χ2v) is 8.70. The van der Waals surface area contributed by atoms with Gasteiger partial charge in [-0.15, -0.1) is 0 Å². The van der Waals surface area contributed by atoms with Crippen LogP contribution in [0.15, 0.2) is 58.2 Å². The number of nitrogens with two attached hydrogens (primary N) is 2. The summed E-state index contributed by atoms with van der Waals surface area (Å²) in [5, 5.41) is 4.51. The predicted molar refractivity (Wildman–Crippen MR) is 133 cm³/mol. The molecule has 3 aromatic rings. The first-order valence-electron chi connectivity index (χ1n) is 10.8. The van der Waals surface area contributed by atoms with Crippen molar-refractivity contribution < 1.29 is 13.9 Å². The summed E-state index contributed by atoms with van der Waals surface area (Å²) in [6.45, 7) is 3.57. The molecule has 184 valence electrons. The van der Waals surface area contributed by atoms with Gasteiger partial charge in [0.05, 0.1) is 17.1 Å². The van der Waals surface area contributed by atoms with Crippen LogP contribution in [-0.2, 0) is 13.2 Å². The minimum atomic E-state index is -0.0751. The Morgan fingerprint density at radius 2 is 1.89 bits per heavy atom. The number of carbonyl (C=O) groups excluding carboxylic acids is 1. The largest absolute Gasteiger partial charge is 0.484 e. The molecule has 1 aliphatic rings. The van der Waals surface area contributed by atoms with E-state index in [4.69, 9.17) is 44.0 Å². The van der Waals surface area contributed by atoms with Crippen molar-refractivity contribution >= 4 is 34.9 Å². The number of furan rings is 1. The number of halogens is 2. The van der Waals surface area contributed by atoms with Gasteiger partial charge in [0.2, 0.25) is 0 Å². The summed E-state index contributed by atoms with van der Waals surface area (Å²) in [6.07, 6.45) is 1.50. The smallest absolute Gasteiger partial charge is 0.255 e. The Bertz CT molecular complexity index is 1190. The number of hydrazone groups is 1. The molecule has 0 radical (unpaired) electrons. The molecule has 1 fully saturated rings. The van der Waals surface area contributed by atoms with E-state index in [0.717, 1.165) is 18.8 Å². The maximum Gasteiger partial charge on any atom is 0.255 e. The van der Waals surface area contributed by atoms with Crippen molar-refractivity contribution in [2.45, 2.75) is 13.2 Å². The Balaban J connectivity index is 1.25. The van der Waals surface area contributed by atoms with Gasteiger partial charge in [0.25, 0.3) is 5.91 Å². The standard InChI is InChI=1S/C23H25Cl2N7O3/c24-16-2-6-21(19(25)11-16)34-14-18-4-3-17(35-18)13-31-7-9-32(10-8-31)23(33)15-1-5-20(28-12-15)22(29-26)30-27/h1-6,11-12H,7-10,13-14,26-27H2,(H,29,30). The van der Waals surface area contributed by atoms with Gasteiger partial charge in [0.1, 0.15) is 29.6 Å². The second kappa shape index (κ2) is 11.4. The molecule has 3 heterocycles. The van der Waals surface area contributed by atoms with E-state index in [9.17, 15) is 4.79 Å². The SMILES string of the molecule is N/N=C(\NN)c1ccc(C(=O)N2CCN(Cc3ccc(COc4ccc(Cl)cc4Cl)o3)CC2)cn1. The lowest BCUT2D eigenvalue weighted by atomic mass is 10.2. The van der Waals surface area contributed by atoms with Crippen LogP contribution in [0.5, 0.6) is 5.75 Å². The maximum atomic E-state index is 12.8. The summed E-state index contributed by atoms with van der Waals surface area (Å²) in [6, 6.07) is 12.2. The summed E-state index contributed by atoms with van der Waals surface area (Å²) in [4.78, 5) is 21.1. The van der Waals surface area contributed by atoms with Crippen molar-refractivity contribution in [3.8, 4) is 5.75 Å². The molecule has 1 amide bonds. The molecule has 10 nitrogen and oxygen atoms in total. The summed E-state index contributed by atoms with van der Waals surface area (Å²) >= 11 is 12.1. The van der Waals surface area contributed by atoms with E-state index in [1.54, 1.807) is 30.3 Å². The van der Waals surface area contributed by atoms with Gasteiger partial charge in [-0.25, -0.2) is 5.84 Å². The first-order valence-corrected chi connectivity index (χ1v) is 11.6. The topological polar surface area (TPSA) is 135 Å². The zero-order valence-corrected chi connectivity index (χ0v) is 20.3. The first kappa shape index (κ1) is 24.8. The lowest BCUT2D eigenvalue weighted by molar-refractivity contribution is 0.0619. The highest BCUT2D eigenvalue weighted by Gasteiger charge is 2.23. The molecule has 1 saturated heterocycles. The van der Waals surface area contributed by atoms with Gasteiger partial charge in [-0.2, -0.15) is 5.10 Å². The maximum absolute atomic E-state index is 12.8. The van der Waals surface area contributed by atoms with Crippen molar-refractivity contribution in [1.29, 1.82) is 0 Å². The van der Waals surface area contributed by atoms with Crippen LogP contribution in [0.4, 0.5) is 0 Å².